The molecule has 0 spiro atoms. The Morgan fingerprint density at radius 2 is 1.53 bits per heavy atom. The van der Waals surface area contributed by atoms with Gasteiger partial charge in [0.2, 0.25) is 17.7 Å². The highest BCUT2D eigenvalue weighted by molar-refractivity contribution is 8.00. The van der Waals surface area contributed by atoms with Gasteiger partial charge in [0.15, 0.2) is 5.11 Å². The number of carbonyl (C=O) groups excluding carboxylic acids is 4. The van der Waals surface area contributed by atoms with E-state index in [0.717, 1.165) is 42.7 Å². The SMILES string of the molecule is C=CC(=O)NCCCOCCOCCOCCCNC(=O)CNC(=S)Nc1ccc(CNC(=O)CCCC[C@@H]2SC[C@@H]3NC(=O)N[C@@H]32)cc1. The first kappa shape index (κ1) is 40.0. The third kappa shape index (κ3) is 17.2. The molecule has 0 radical (unpaired) electrons. The van der Waals surface area contributed by atoms with E-state index in [2.05, 4.69) is 43.8 Å². The first-order chi connectivity index (χ1) is 23.8. The number of urea groups is 1. The minimum Gasteiger partial charge on any atom is -0.379 e. The Kier molecular flexibility index (Phi) is 19.5. The molecule has 7 N–H and O–H groups in total. The number of fused-ring (bicyclic) bond motifs is 1. The van der Waals surface area contributed by atoms with Crippen molar-refractivity contribution in [2.45, 2.75) is 62.4 Å². The second-order valence-electron chi connectivity index (χ2n) is 11.5. The summed E-state index contributed by atoms with van der Waals surface area (Å²) in [7, 11) is 0. The summed E-state index contributed by atoms with van der Waals surface area (Å²) in [5.74, 6) is 0.609. The van der Waals surface area contributed by atoms with Crippen molar-refractivity contribution in [3.63, 3.8) is 0 Å². The quantitative estimate of drug-likeness (QED) is 0.0337. The fourth-order valence-corrected chi connectivity index (χ4v) is 6.80. The zero-order chi connectivity index (χ0) is 35.1. The summed E-state index contributed by atoms with van der Waals surface area (Å²) in [5.41, 5.74) is 1.74. The minimum absolute atomic E-state index is 0.0240. The predicted octanol–water partition coefficient (Wildman–Crippen LogP) is 1.56. The number of unbranched alkanes of at least 4 members (excludes halogenated alkanes) is 1. The number of rotatable bonds is 25. The third-order valence-electron chi connectivity index (χ3n) is 7.67. The second-order valence-corrected chi connectivity index (χ2v) is 13.2. The molecule has 0 aliphatic carbocycles. The molecular formula is C33H51N7O7S2. The normalized spacial score (nSPS) is 17.7. The lowest BCUT2D eigenvalue weighted by molar-refractivity contribution is -0.121. The maximum absolute atomic E-state index is 12.3. The molecule has 2 saturated heterocycles. The molecule has 5 amide bonds. The zero-order valence-corrected chi connectivity index (χ0v) is 29.7. The molecule has 1 aromatic carbocycles. The van der Waals surface area contributed by atoms with E-state index in [9.17, 15) is 19.2 Å². The van der Waals surface area contributed by atoms with Crippen LogP contribution in [-0.2, 0) is 35.1 Å². The standard InChI is InChI=1S/C33H51N7O7S2/c1-2-28(41)34-13-5-15-45-17-19-47-20-18-46-16-6-14-35-30(43)22-37-33(48)38-25-11-9-24(10-12-25)21-36-29(42)8-4-3-7-27-31-26(23-49-27)39-32(44)40-31/h2,9-12,26-27,31H,1,3-8,13-23H2,(H,34,41)(H,35,43)(H,36,42)(H2,37,38,48)(H2,39,40,44)/t26-,27-,31-/m0/s1. The van der Waals surface area contributed by atoms with E-state index in [4.69, 9.17) is 26.4 Å². The third-order valence-corrected chi connectivity index (χ3v) is 9.43. The van der Waals surface area contributed by atoms with Crippen LogP contribution in [0.2, 0.25) is 0 Å². The van der Waals surface area contributed by atoms with Crippen LogP contribution in [0.4, 0.5) is 10.5 Å². The van der Waals surface area contributed by atoms with Crippen LogP contribution in [0.25, 0.3) is 0 Å². The Bertz CT molecular complexity index is 1210. The van der Waals surface area contributed by atoms with Crippen LogP contribution in [0.1, 0.15) is 44.1 Å². The largest absolute Gasteiger partial charge is 0.379 e. The van der Waals surface area contributed by atoms with E-state index >= 15 is 0 Å². The summed E-state index contributed by atoms with van der Waals surface area (Å²) in [6, 6.07) is 7.93. The van der Waals surface area contributed by atoms with Gasteiger partial charge in [-0.25, -0.2) is 4.79 Å². The summed E-state index contributed by atoms with van der Waals surface area (Å²) >= 11 is 7.20. The fourth-order valence-electron chi connectivity index (χ4n) is 5.07. The van der Waals surface area contributed by atoms with Crippen LogP contribution in [-0.4, -0.2) is 111 Å². The molecule has 272 valence electrons. The molecular weight excluding hydrogens is 671 g/mol. The topological polar surface area (TPSA) is 180 Å². The summed E-state index contributed by atoms with van der Waals surface area (Å²) in [4.78, 5) is 47.0. The monoisotopic (exact) mass is 721 g/mol. The van der Waals surface area contributed by atoms with Crippen LogP contribution < -0.4 is 37.2 Å². The molecule has 3 atom stereocenters. The lowest BCUT2D eigenvalue weighted by atomic mass is 10.0. The molecule has 1 aromatic rings. The van der Waals surface area contributed by atoms with Crippen molar-refractivity contribution in [1.82, 2.24) is 31.9 Å². The van der Waals surface area contributed by atoms with Gasteiger partial charge in [-0.3, -0.25) is 14.4 Å². The maximum Gasteiger partial charge on any atom is 0.315 e. The van der Waals surface area contributed by atoms with Crippen LogP contribution in [0.5, 0.6) is 0 Å². The number of benzene rings is 1. The van der Waals surface area contributed by atoms with Crippen molar-refractivity contribution < 1.29 is 33.4 Å². The van der Waals surface area contributed by atoms with E-state index in [-0.39, 0.29) is 42.4 Å². The molecule has 14 nitrogen and oxygen atoms in total. The maximum atomic E-state index is 12.3. The van der Waals surface area contributed by atoms with Gasteiger partial charge in [0.05, 0.1) is 45.1 Å². The van der Waals surface area contributed by atoms with Gasteiger partial charge in [-0.15, -0.1) is 0 Å². The average Bonchev–Trinajstić information content (AvgIpc) is 3.65. The lowest BCUT2D eigenvalue weighted by Gasteiger charge is -2.16. The van der Waals surface area contributed by atoms with Gasteiger partial charge in [-0.1, -0.05) is 25.1 Å². The Morgan fingerprint density at radius 3 is 2.22 bits per heavy atom. The van der Waals surface area contributed by atoms with Gasteiger partial charge in [0.1, 0.15) is 0 Å². The molecule has 2 heterocycles. The Labute approximate surface area is 298 Å². The second kappa shape index (κ2) is 23.8. The van der Waals surface area contributed by atoms with Crippen LogP contribution >= 0.6 is 24.0 Å². The van der Waals surface area contributed by atoms with E-state index in [1.165, 1.54) is 6.08 Å². The summed E-state index contributed by atoms with van der Waals surface area (Å²) in [5, 5.41) is 21.1. The van der Waals surface area contributed by atoms with Gasteiger partial charge in [0, 0.05) is 56.0 Å². The summed E-state index contributed by atoms with van der Waals surface area (Å²) in [6.45, 7) is 7.84. The minimum atomic E-state index is -0.187. The molecule has 2 fully saturated rings. The number of anilines is 1. The number of ether oxygens (including phenoxy) is 3. The Balaban J connectivity index is 1.10. The number of nitrogens with one attached hydrogen (secondary N) is 7. The van der Waals surface area contributed by atoms with Crippen molar-refractivity contribution in [1.29, 1.82) is 0 Å². The predicted molar refractivity (Wildman–Crippen MR) is 194 cm³/mol. The average molecular weight is 722 g/mol. The van der Waals surface area contributed by atoms with Crippen molar-refractivity contribution in [2.75, 3.05) is 70.3 Å². The van der Waals surface area contributed by atoms with Crippen molar-refractivity contribution in [3.8, 4) is 0 Å². The lowest BCUT2D eigenvalue weighted by Crippen LogP contribution is -2.39. The van der Waals surface area contributed by atoms with Gasteiger partial charge in [0.25, 0.3) is 0 Å². The van der Waals surface area contributed by atoms with Crippen LogP contribution in [0.15, 0.2) is 36.9 Å². The molecule has 0 saturated carbocycles. The number of hydrogen-bond acceptors (Lipinski definition) is 9. The molecule has 16 heteroatoms. The number of hydrogen-bond donors (Lipinski definition) is 7. The van der Waals surface area contributed by atoms with E-state index < -0.39 is 0 Å². The number of thiocarbonyl (C=S) groups is 1. The number of thioether (sulfide) groups is 1. The Morgan fingerprint density at radius 1 is 0.857 bits per heavy atom. The molecule has 2 aliphatic heterocycles. The number of carbonyl (C=O) groups is 4. The fraction of sp³-hybridized carbons (Fsp3) is 0.606. The highest BCUT2D eigenvalue weighted by Crippen LogP contribution is 2.33. The molecule has 0 aromatic heterocycles. The Hall–Kier alpha value is -3.44. The van der Waals surface area contributed by atoms with E-state index in [1.807, 2.05) is 36.0 Å². The van der Waals surface area contributed by atoms with Crippen molar-refractivity contribution in [2.24, 2.45) is 0 Å². The first-order valence-electron chi connectivity index (χ1n) is 16.8. The molecule has 0 unspecified atom stereocenters. The van der Waals surface area contributed by atoms with Gasteiger partial charge >= 0.3 is 6.03 Å². The number of amides is 5. The molecule has 49 heavy (non-hydrogen) atoms. The molecule has 0 bridgehead atoms. The van der Waals surface area contributed by atoms with Crippen molar-refractivity contribution >= 4 is 58.5 Å². The van der Waals surface area contributed by atoms with Gasteiger partial charge < -0.3 is 51.4 Å². The summed E-state index contributed by atoms with van der Waals surface area (Å²) < 4.78 is 16.4. The van der Waals surface area contributed by atoms with Gasteiger partial charge in [-0.05, 0) is 61.7 Å². The van der Waals surface area contributed by atoms with E-state index in [0.29, 0.717) is 82.5 Å². The van der Waals surface area contributed by atoms with Gasteiger partial charge in [-0.2, -0.15) is 11.8 Å². The first-order valence-corrected chi connectivity index (χ1v) is 18.3. The highest BCUT2D eigenvalue weighted by Gasteiger charge is 2.42. The van der Waals surface area contributed by atoms with E-state index in [1.54, 1.807) is 0 Å². The zero-order valence-electron chi connectivity index (χ0n) is 28.0. The highest BCUT2D eigenvalue weighted by atomic mass is 32.2. The molecule has 3 rings (SSSR count). The molecule has 2 aliphatic rings. The van der Waals surface area contributed by atoms with Crippen molar-refractivity contribution in [3.05, 3.63) is 42.5 Å². The summed E-state index contributed by atoms with van der Waals surface area (Å²) in [6.07, 6.45) is 5.88. The van der Waals surface area contributed by atoms with Crippen LogP contribution in [0.3, 0.4) is 0 Å². The smallest absolute Gasteiger partial charge is 0.315 e. The van der Waals surface area contributed by atoms with Crippen LogP contribution in [0, 0.1) is 0 Å².